The minimum atomic E-state index is 0.320. The molecule has 2 aliphatic rings. The lowest BCUT2D eigenvalue weighted by Gasteiger charge is -2.08. The van der Waals surface area contributed by atoms with Gasteiger partial charge in [0.25, 0.3) is 0 Å². The fraction of sp³-hybridized carbons (Fsp3) is 0.134. The normalized spacial score (nSPS) is 10.1. The van der Waals surface area contributed by atoms with E-state index in [1.807, 2.05) is 140 Å². The average molecular weight is 1380 g/mol. The molecule has 11 aromatic rings. The lowest BCUT2D eigenvalue weighted by atomic mass is 10.1. The van der Waals surface area contributed by atoms with E-state index in [0.29, 0.717) is 13.6 Å². The Bertz CT molecular complexity index is 4500. The summed E-state index contributed by atoms with van der Waals surface area (Å²) in [5.74, 6) is 5.97. The minimum absolute atomic E-state index is 0.320. The number of aryl methyl sites for hydroxylation is 7. The van der Waals surface area contributed by atoms with Gasteiger partial charge in [-0.15, -0.1) is 0 Å². The van der Waals surface area contributed by atoms with Crippen LogP contribution < -0.4 is 33.2 Å². The smallest absolute Gasteiger partial charge is 0.231 e. The van der Waals surface area contributed by atoms with Gasteiger partial charge in [-0.25, -0.2) is 0 Å². The third-order valence-corrected chi connectivity index (χ3v) is 16.1. The number of rotatable bonds is 13. The molecule has 7 nitrogen and oxygen atoms in total. The molecule has 11 aromatic carbocycles. The Balaban J connectivity index is 0.000000245. The molecular formula is C97H104O7. The van der Waals surface area contributed by atoms with Crippen LogP contribution in [-0.2, 0) is 0 Å². The fourth-order valence-electron chi connectivity index (χ4n) is 9.72. The van der Waals surface area contributed by atoms with Gasteiger partial charge in [-0.3, -0.25) is 0 Å². The molecule has 0 radical (unpaired) electrons. The van der Waals surface area contributed by atoms with Crippen molar-refractivity contribution in [3.8, 4) is 40.2 Å². The predicted molar refractivity (Wildman–Crippen MR) is 453 cm³/mol. The Morgan fingerprint density at radius 1 is 0.269 bits per heavy atom. The molecule has 13 rings (SSSR count). The fourth-order valence-corrected chi connectivity index (χ4v) is 9.72. The molecule has 0 fully saturated rings. The van der Waals surface area contributed by atoms with E-state index in [-0.39, 0.29) is 0 Å². The first-order valence-corrected chi connectivity index (χ1v) is 34.0. The van der Waals surface area contributed by atoms with Crippen LogP contribution in [0.5, 0.6) is 40.2 Å². The molecule has 104 heavy (non-hydrogen) atoms. The minimum Gasteiger partial charge on any atom is -0.496 e. The van der Waals surface area contributed by atoms with Crippen molar-refractivity contribution in [2.75, 3.05) is 34.9 Å². The van der Waals surface area contributed by atoms with Crippen LogP contribution in [0.15, 0.2) is 290 Å². The van der Waals surface area contributed by atoms with Crippen LogP contribution in [0, 0.1) is 55.4 Å². The monoisotopic (exact) mass is 1380 g/mol. The molecule has 0 atom stereocenters. The van der Waals surface area contributed by atoms with E-state index in [0.717, 1.165) is 73.6 Å². The van der Waals surface area contributed by atoms with Crippen molar-refractivity contribution in [3.05, 3.63) is 390 Å². The molecule has 0 N–H and O–H groups in total. The van der Waals surface area contributed by atoms with E-state index in [1.54, 1.807) is 45.6 Å². The molecule has 0 bridgehead atoms. The van der Waals surface area contributed by atoms with Crippen LogP contribution in [-0.4, -0.2) is 34.9 Å². The van der Waals surface area contributed by atoms with Gasteiger partial charge in [0.15, 0.2) is 23.0 Å². The van der Waals surface area contributed by atoms with E-state index < -0.39 is 0 Å². The van der Waals surface area contributed by atoms with E-state index >= 15 is 0 Å². The maximum absolute atomic E-state index is 5.23. The Morgan fingerprint density at radius 3 is 1.27 bits per heavy atom. The van der Waals surface area contributed by atoms with Crippen LogP contribution in [0.4, 0.5) is 0 Å². The largest absolute Gasteiger partial charge is 0.496 e. The topological polar surface area (TPSA) is 64.6 Å². The van der Waals surface area contributed by atoms with Crippen LogP contribution in [0.2, 0.25) is 0 Å². The number of hydrogen-bond acceptors (Lipinski definition) is 7. The maximum atomic E-state index is 5.23. The number of methoxy groups -OCH3 is 3. The standard InChI is InChI=1S/C12H10.C11H14O.C10H12O.C10H12.2C9H8O2.C9H10O.3C9H10/c1-2-10-7-8-11-5-3-4-6-12(11)9-10;1-5-10-6-8(2)9(3)11(7-10)12-4;1-4-9-7-5-6-8(2)10(9)11-3;1-4-10-6-5-8(2)9(3)7-10;1-2-7-3-4-8-9(5-7)11-6-10-8;1-2-7-4-3-5-8-9(7)11-6-10-8;1-3-8-6-4-5-7-9(8)10-2;2*1-3-9-6-4-8(2)5-7-9;1-3-9-6-4-5-8(2)7-9/h2-9H,1H2;5-7H,1H2,2-4H3;4-7H,1H2,2-3H3;4-7H,1H2,2-3H3;2*2-5H,1,6H2;3-7H,1H2,2H3;3*3-7H,1H2,2H3. The summed E-state index contributed by atoms with van der Waals surface area (Å²) < 4.78 is 36.2. The van der Waals surface area contributed by atoms with Crippen LogP contribution in [0.3, 0.4) is 0 Å². The Kier molecular flexibility index (Phi) is 37.9. The third kappa shape index (κ3) is 28.7. The zero-order chi connectivity index (χ0) is 76.2. The third-order valence-electron chi connectivity index (χ3n) is 16.1. The maximum Gasteiger partial charge on any atom is 0.231 e. The number of fused-ring (bicyclic) bond motifs is 3. The van der Waals surface area contributed by atoms with Gasteiger partial charge in [-0.1, -0.05) is 331 Å². The van der Waals surface area contributed by atoms with Gasteiger partial charge in [-0.05, 0) is 169 Å². The van der Waals surface area contributed by atoms with Crippen molar-refractivity contribution >= 4 is 71.5 Å². The van der Waals surface area contributed by atoms with E-state index in [1.165, 1.54) is 77.5 Å². The second-order valence-corrected chi connectivity index (χ2v) is 23.5. The summed E-state index contributed by atoms with van der Waals surface area (Å²) >= 11 is 0. The number of para-hydroxylation sites is 3. The summed E-state index contributed by atoms with van der Waals surface area (Å²) in [5, 5.41) is 2.55. The van der Waals surface area contributed by atoms with Gasteiger partial charge in [-0.2, -0.15) is 0 Å². The number of ether oxygens (including phenoxy) is 7. The second kappa shape index (κ2) is 46.9. The highest BCUT2D eigenvalue weighted by Crippen LogP contribution is 2.36. The van der Waals surface area contributed by atoms with Crippen LogP contribution >= 0.6 is 0 Å². The van der Waals surface area contributed by atoms with Gasteiger partial charge in [0.2, 0.25) is 13.6 Å². The molecule has 0 saturated carbocycles. The zero-order valence-electron chi connectivity index (χ0n) is 63.0. The van der Waals surface area contributed by atoms with Gasteiger partial charge in [0, 0.05) is 16.7 Å². The molecule has 0 aromatic heterocycles. The molecule has 534 valence electrons. The summed E-state index contributed by atoms with van der Waals surface area (Å²) in [4.78, 5) is 0. The summed E-state index contributed by atoms with van der Waals surface area (Å²) in [6.07, 6.45) is 18.2. The second-order valence-electron chi connectivity index (χ2n) is 23.5. The lowest BCUT2D eigenvalue weighted by molar-refractivity contribution is 0.173. The van der Waals surface area contributed by atoms with Crippen molar-refractivity contribution in [1.82, 2.24) is 0 Å². The molecule has 0 spiro atoms. The molecule has 2 aliphatic heterocycles. The molecule has 0 amide bonds. The number of benzene rings is 11. The van der Waals surface area contributed by atoms with E-state index in [4.69, 9.17) is 33.2 Å². The Hall–Kier alpha value is -12.3. The van der Waals surface area contributed by atoms with Crippen molar-refractivity contribution in [1.29, 1.82) is 0 Å². The highest BCUT2D eigenvalue weighted by atomic mass is 16.7. The van der Waals surface area contributed by atoms with Crippen LogP contribution in [0.25, 0.3) is 71.5 Å². The highest BCUT2D eigenvalue weighted by Gasteiger charge is 2.15. The zero-order valence-corrected chi connectivity index (χ0v) is 63.0. The van der Waals surface area contributed by atoms with Gasteiger partial charge >= 0.3 is 0 Å². The first-order chi connectivity index (χ1) is 50.3. The van der Waals surface area contributed by atoms with Gasteiger partial charge in [0.05, 0.1) is 21.3 Å². The summed E-state index contributed by atoms with van der Waals surface area (Å²) in [6.45, 7) is 54.1. The molecule has 2 heterocycles. The van der Waals surface area contributed by atoms with Crippen molar-refractivity contribution in [3.63, 3.8) is 0 Å². The van der Waals surface area contributed by atoms with Gasteiger partial charge < -0.3 is 33.2 Å². The first-order valence-electron chi connectivity index (χ1n) is 34.0. The van der Waals surface area contributed by atoms with Crippen molar-refractivity contribution in [2.45, 2.75) is 55.4 Å². The van der Waals surface area contributed by atoms with E-state index in [2.05, 4.69) is 242 Å². The predicted octanol–water partition coefficient (Wildman–Crippen LogP) is 26.4. The van der Waals surface area contributed by atoms with E-state index in [9.17, 15) is 0 Å². The molecule has 0 unspecified atom stereocenters. The van der Waals surface area contributed by atoms with Crippen molar-refractivity contribution in [2.24, 2.45) is 0 Å². The average Bonchev–Trinajstić information content (AvgIpc) is 1.55. The Morgan fingerprint density at radius 2 is 0.731 bits per heavy atom. The lowest BCUT2D eigenvalue weighted by Crippen LogP contribution is -1.93. The summed E-state index contributed by atoms with van der Waals surface area (Å²) in [7, 11) is 5.02. The van der Waals surface area contributed by atoms with Gasteiger partial charge in [0.1, 0.15) is 17.2 Å². The summed E-state index contributed by atoms with van der Waals surface area (Å²) in [6, 6.07) is 75.2. The molecular weight excluding hydrogens is 1280 g/mol. The summed E-state index contributed by atoms with van der Waals surface area (Å²) in [5.41, 5.74) is 21.3. The highest BCUT2D eigenvalue weighted by molar-refractivity contribution is 5.84. The molecule has 7 heteroatoms. The molecule has 0 aliphatic carbocycles. The van der Waals surface area contributed by atoms with Crippen molar-refractivity contribution < 1.29 is 33.2 Å². The molecule has 0 saturated heterocycles. The SMILES string of the molecule is C=Cc1cc(C)c(C)c(OC)c1.C=Cc1ccc(C)c(C)c1.C=Cc1ccc(C)cc1.C=Cc1ccc(C)cc1.C=Cc1ccc2c(c1)OCO2.C=Cc1ccc2ccccc2c1.C=Cc1cccc(C)c1.C=Cc1cccc(C)c1OC.C=Cc1cccc2c1OCO2.C=Cc1ccccc1OC. The quantitative estimate of drug-likeness (QED) is 0.114. The first kappa shape index (κ1) is 84.1. The Labute approximate surface area is 622 Å². The van der Waals surface area contributed by atoms with Crippen LogP contribution in [0.1, 0.15) is 100 Å². The number of hydrogen-bond donors (Lipinski definition) is 0.